The molecule has 4 nitrogen and oxygen atoms in total. The lowest BCUT2D eigenvalue weighted by atomic mass is 10.2. The number of benzene rings is 1. The average molecular weight is 320 g/mol. The number of aromatic nitrogens is 1. The van der Waals surface area contributed by atoms with E-state index < -0.39 is 17.5 Å². The van der Waals surface area contributed by atoms with Crippen molar-refractivity contribution in [1.82, 2.24) is 10.3 Å². The smallest absolute Gasteiger partial charge is 0.254 e. The van der Waals surface area contributed by atoms with E-state index in [1.165, 1.54) is 17.6 Å². The molecule has 0 unspecified atom stereocenters. The number of carbonyl (C=O) groups excluding carboxylic acids is 1. The maximum absolute atomic E-state index is 13.5. The van der Waals surface area contributed by atoms with Crippen LogP contribution in [0.3, 0.4) is 0 Å². The van der Waals surface area contributed by atoms with Gasteiger partial charge in [-0.25, -0.2) is 13.8 Å². The molecule has 0 saturated heterocycles. The van der Waals surface area contributed by atoms with Crippen molar-refractivity contribution in [2.24, 2.45) is 0 Å². The molecule has 2 aromatic heterocycles. The molecule has 0 aliphatic carbocycles. The highest BCUT2D eigenvalue weighted by molar-refractivity contribution is 7.13. The third-order valence-corrected chi connectivity index (χ3v) is 3.75. The van der Waals surface area contributed by atoms with Crippen molar-refractivity contribution in [3.8, 4) is 10.8 Å². The fraction of sp³-hybridized carbons (Fsp3) is 0.0667. The zero-order valence-corrected chi connectivity index (χ0v) is 12.0. The Hall–Kier alpha value is -2.54. The van der Waals surface area contributed by atoms with Gasteiger partial charge in [0, 0.05) is 6.07 Å². The van der Waals surface area contributed by atoms with E-state index in [1.54, 1.807) is 0 Å². The molecule has 0 fully saturated rings. The van der Waals surface area contributed by atoms with Gasteiger partial charge in [0.25, 0.3) is 5.91 Å². The molecule has 2 heterocycles. The normalized spacial score (nSPS) is 10.6. The second kappa shape index (κ2) is 6.07. The molecule has 1 N–H and O–H groups in total. The van der Waals surface area contributed by atoms with Gasteiger partial charge in [0.1, 0.15) is 17.9 Å². The van der Waals surface area contributed by atoms with E-state index in [4.69, 9.17) is 4.42 Å². The zero-order valence-electron chi connectivity index (χ0n) is 11.2. The standard InChI is InChI=1S/C15H10F2N2O2S/c16-9-3-4-11(12(17)6-9)14(20)18-7-10-8-21-15(19-10)13-2-1-5-22-13/h1-6,8H,7H2,(H,18,20). The van der Waals surface area contributed by atoms with E-state index >= 15 is 0 Å². The lowest BCUT2D eigenvalue weighted by molar-refractivity contribution is 0.0946. The third kappa shape index (κ3) is 3.04. The maximum atomic E-state index is 13.5. The van der Waals surface area contributed by atoms with Crippen LogP contribution in [0.25, 0.3) is 10.8 Å². The summed E-state index contributed by atoms with van der Waals surface area (Å²) in [6.45, 7) is 0.0878. The van der Waals surface area contributed by atoms with Crippen molar-refractivity contribution in [2.45, 2.75) is 6.54 Å². The minimum absolute atomic E-state index is 0.0878. The molecule has 0 aliphatic rings. The van der Waals surface area contributed by atoms with Crippen LogP contribution in [0, 0.1) is 11.6 Å². The van der Waals surface area contributed by atoms with E-state index in [0.717, 1.165) is 17.0 Å². The summed E-state index contributed by atoms with van der Waals surface area (Å²) >= 11 is 1.49. The van der Waals surface area contributed by atoms with Crippen LogP contribution < -0.4 is 5.32 Å². The SMILES string of the molecule is O=C(NCc1coc(-c2cccs2)n1)c1ccc(F)cc1F. The van der Waals surface area contributed by atoms with E-state index in [0.29, 0.717) is 17.7 Å². The summed E-state index contributed by atoms with van der Waals surface area (Å²) < 4.78 is 31.6. The van der Waals surface area contributed by atoms with Crippen LogP contribution in [0.2, 0.25) is 0 Å². The van der Waals surface area contributed by atoms with Gasteiger partial charge in [-0.2, -0.15) is 0 Å². The number of thiophene rings is 1. The van der Waals surface area contributed by atoms with Gasteiger partial charge in [0.15, 0.2) is 0 Å². The van der Waals surface area contributed by atoms with Gasteiger partial charge in [0.05, 0.1) is 22.7 Å². The number of rotatable bonds is 4. The van der Waals surface area contributed by atoms with E-state index in [-0.39, 0.29) is 12.1 Å². The van der Waals surface area contributed by atoms with E-state index in [1.807, 2.05) is 17.5 Å². The predicted molar refractivity (Wildman–Crippen MR) is 77.3 cm³/mol. The number of nitrogens with zero attached hydrogens (tertiary/aromatic N) is 1. The van der Waals surface area contributed by atoms with Crippen molar-refractivity contribution in [2.75, 3.05) is 0 Å². The number of oxazole rings is 1. The van der Waals surface area contributed by atoms with E-state index in [9.17, 15) is 13.6 Å². The van der Waals surface area contributed by atoms with Crippen LogP contribution in [0.4, 0.5) is 8.78 Å². The van der Waals surface area contributed by atoms with E-state index in [2.05, 4.69) is 10.3 Å². The van der Waals surface area contributed by atoms with Gasteiger partial charge in [-0.1, -0.05) is 6.07 Å². The third-order valence-electron chi connectivity index (χ3n) is 2.89. The van der Waals surface area contributed by atoms with Crippen molar-refractivity contribution in [3.63, 3.8) is 0 Å². The van der Waals surface area contributed by atoms with Crippen LogP contribution in [0.15, 0.2) is 46.4 Å². The molecule has 7 heteroatoms. The maximum Gasteiger partial charge on any atom is 0.254 e. The quantitative estimate of drug-likeness (QED) is 0.799. The summed E-state index contributed by atoms with van der Waals surface area (Å²) in [6, 6.07) is 6.54. The molecule has 22 heavy (non-hydrogen) atoms. The topological polar surface area (TPSA) is 55.1 Å². The van der Waals surface area contributed by atoms with Gasteiger partial charge >= 0.3 is 0 Å². The molecule has 3 rings (SSSR count). The zero-order chi connectivity index (χ0) is 15.5. The number of nitrogens with one attached hydrogen (secondary N) is 1. The Morgan fingerprint density at radius 3 is 2.91 bits per heavy atom. The number of hydrogen-bond acceptors (Lipinski definition) is 4. The lowest BCUT2D eigenvalue weighted by Gasteiger charge is -2.04. The van der Waals surface area contributed by atoms with Gasteiger partial charge in [-0.15, -0.1) is 11.3 Å². The summed E-state index contributed by atoms with van der Waals surface area (Å²) in [5, 5.41) is 4.41. The molecule has 1 aromatic carbocycles. The molecular formula is C15H10F2N2O2S. The van der Waals surface area contributed by atoms with Crippen molar-refractivity contribution < 1.29 is 18.0 Å². The Morgan fingerprint density at radius 1 is 1.32 bits per heavy atom. The van der Waals surface area contributed by atoms with Crippen molar-refractivity contribution in [1.29, 1.82) is 0 Å². The number of amides is 1. The van der Waals surface area contributed by atoms with Gasteiger partial charge < -0.3 is 9.73 Å². The molecule has 0 bridgehead atoms. The van der Waals surface area contributed by atoms with Gasteiger partial charge in [-0.3, -0.25) is 4.79 Å². The van der Waals surface area contributed by atoms with Gasteiger partial charge in [-0.05, 0) is 23.6 Å². The molecule has 0 radical (unpaired) electrons. The molecule has 112 valence electrons. The first kappa shape index (κ1) is 14.4. The Morgan fingerprint density at radius 2 is 2.18 bits per heavy atom. The van der Waals surface area contributed by atoms with Crippen molar-refractivity contribution >= 4 is 17.2 Å². The molecule has 0 spiro atoms. The van der Waals surface area contributed by atoms with Crippen LogP contribution in [-0.2, 0) is 6.54 Å². The molecule has 0 saturated carbocycles. The first-order chi connectivity index (χ1) is 10.6. The summed E-state index contributed by atoms with van der Waals surface area (Å²) in [4.78, 5) is 17.0. The highest BCUT2D eigenvalue weighted by Gasteiger charge is 2.13. The summed E-state index contributed by atoms with van der Waals surface area (Å²) in [5.74, 6) is -1.81. The monoisotopic (exact) mass is 320 g/mol. The first-order valence-electron chi connectivity index (χ1n) is 6.35. The summed E-state index contributed by atoms with van der Waals surface area (Å²) in [6.07, 6.45) is 1.43. The van der Waals surface area contributed by atoms with Crippen LogP contribution in [0.1, 0.15) is 16.1 Å². The summed E-state index contributed by atoms with van der Waals surface area (Å²) in [7, 11) is 0. The Labute approximate surface area is 128 Å². The highest BCUT2D eigenvalue weighted by atomic mass is 32.1. The number of hydrogen-bond donors (Lipinski definition) is 1. The fourth-order valence-electron chi connectivity index (χ4n) is 1.84. The first-order valence-corrected chi connectivity index (χ1v) is 7.23. The predicted octanol–water partition coefficient (Wildman–Crippen LogP) is 3.61. The highest BCUT2D eigenvalue weighted by Crippen LogP contribution is 2.23. The Balaban J connectivity index is 1.66. The second-order valence-electron chi connectivity index (χ2n) is 4.43. The van der Waals surface area contributed by atoms with Gasteiger partial charge in [0.2, 0.25) is 5.89 Å². The molecule has 3 aromatic rings. The molecule has 1 amide bonds. The number of halogens is 2. The summed E-state index contributed by atoms with van der Waals surface area (Å²) in [5.41, 5.74) is 0.294. The minimum atomic E-state index is -0.906. The average Bonchev–Trinajstić information content (AvgIpc) is 3.16. The van der Waals surface area contributed by atoms with Crippen LogP contribution in [0.5, 0.6) is 0 Å². The fourth-order valence-corrected chi connectivity index (χ4v) is 2.50. The largest absolute Gasteiger partial charge is 0.443 e. The number of carbonyl (C=O) groups is 1. The molecule has 0 aliphatic heterocycles. The van der Waals surface area contributed by atoms with Crippen molar-refractivity contribution in [3.05, 3.63) is 64.9 Å². The second-order valence-corrected chi connectivity index (χ2v) is 5.38. The molecule has 0 atom stereocenters. The Kier molecular flexibility index (Phi) is 3.97. The Bertz CT molecular complexity index is 800. The lowest BCUT2D eigenvalue weighted by Crippen LogP contribution is -2.24. The minimum Gasteiger partial charge on any atom is -0.443 e. The molecular weight excluding hydrogens is 310 g/mol. The van der Waals surface area contributed by atoms with Crippen LogP contribution in [-0.4, -0.2) is 10.9 Å². The van der Waals surface area contributed by atoms with Crippen LogP contribution >= 0.6 is 11.3 Å².